The van der Waals surface area contributed by atoms with Gasteiger partial charge in [-0.3, -0.25) is 4.79 Å². The molecule has 1 aromatic heterocycles. The molecule has 1 aromatic carbocycles. The second kappa shape index (κ2) is 3.70. The number of aromatic amines is 1. The molecule has 0 aliphatic carbocycles. The van der Waals surface area contributed by atoms with Gasteiger partial charge in [0.25, 0.3) is 5.56 Å². The zero-order valence-electron chi connectivity index (χ0n) is 9.47. The smallest absolute Gasteiger partial charge is 0.266 e. The van der Waals surface area contributed by atoms with Crippen LogP contribution in [0.1, 0.15) is 26.3 Å². The summed E-state index contributed by atoms with van der Waals surface area (Å²) in [6.07, 6.45) is 1.31. The monoisotopic (exact) mass is 280 g/mol. The van der Waals surface area contributed by atoms with Crippen molar-refractivity contribution in [2.24, 2.45) is 0 Å². The molecule has 0 atom stereocenters. The van der Waals surface area contributed by atoms with E-state index < -0.39 is 0 Å². The SMILES string of the molecule is CC(C)(C)c1cc(Br)c2[nH]c(=O)cnc2c1. The molecule has 0 radical (unpaired) electrons. The summed E-state index contributed by atoms with van der Waals surface area (Å²) in [5.74, 6) is 0. The molecule has 16 heavy (non-hydrogen) atoms. The Bertz CT molecular complexity index is 596. The maximum Gasteiger partial charge on any atom is 0.266 e. The van der Waals surface area contributed by atoms with Crippen molar-refractivity contribution in [1.82, 2.24) is 9.97 Å². The van der Waals surface area contributed by atoms with Gasteiger partial charge in [-0.05, 0) is 39.0 Å². The first kappa shape index (κ1) is 11.3. The highest BCUT2D eigenvalue weighted by Gasteiger charge is 2.16. The van der Waals surface area contributed by atoms with Crippen LogP contribution < -0.4 is 5.56 Å². The summed E-state index contributed by atoms with van der Waals surface area (Å²) in [6.45, 7) is 6.44. The molecule has 0 unspecified atom stereocenters. The van der Waals surface area contributed by atoms with Gasteiger partial charge < -0.3 is 4.98 Å². The van der Waals surface area contributed by atoms with E-state index in [1.807, 2.05) is 12.1 Å². The molecule has 0 spiro atoms. The lowest BCUT2D eigenvalue weighted by Gasteiger charge is -2.19. The quantitative estimate of drug-likeness (QED) is 0.806. The highest BCUT2D eigenvalue weighted by atomic mass is 79.9. The van der Waals surface area contributed by atoms with E-state index in [1.54, 1.807) is 0 Å². The van der Waals surface area contributed by atoms with Crippen molar-refractivity contribution in [3.05, 3.63) is 38.7 Å². The fourth-order valence-electron chi connectivity index (χ4n) is 1.53. The topological polar surface area (TPSA) is 45.8 Å². The van der Waals surface area contributed by atoms with Crippen LogP contribution in [0, 0.1) is 0 Å². The van der Waals surface area contributed by atoms with Crippen LogP contribution in [-0.4, -0.2) is 9.97 Å². The summed E-state index contributed by atoms with van der Waals surface area (Å²) in [4.78, 5) is 18.1. The third kappa shape index (κ3) is 2.02. The van der Waals surface area contributed by atoms with Crippen molar-refractivity contribution in [3.8, 4) is 0 Å². The minimum Gasteiger partial charge on any atom is -0.318 e. The Hall–Kier alpha value is -1.16. The Morgan fingerprint density at radius 2 is 2.00 bits per heavy atom. The molecule has 2 rings (SSSR count). The van der Waals surface area contributed by atoms with Gasteiger partial charge in [0.15, 0.2) is 0 Å². The third-order valence-electron chi connectivity index (χ3n) is 2.50. The molecule has 0 saturated carbocycles. The van der Waals surface area contributed by atoms with Crippen molar-refractivity contribution in [2.75, 3.05) is 0 Å². The summed E-state index contributed by atoms with van der Waals surface area (Å²) in [6, 6.07) is 4.04. The van der Waals surface area contributed by atoms with Gasteiger partial charge in [0.05, 0.1) is 17.2 Å². The minimum absolute atomic E-state index is 0.0640. The van der Waals surface area contributed by atoms with E-state index in [1.165, 1.54) is 11.8 Å². The van der Waals surface area contributed by atoms with E-state index in [2.05, 4.69) is 46.7 Å². The molecule has 0 saturated heterocycles. The van der Waals surface area contributed by atoms with Crippen molar-refractivity contribution in [1.29, 1.82) is 0 Å². The number of H-pyrrole nitrogens is 1. The van der Waals surface area contributed by atoms with Crippen molar-refractivity contribution >= 4 is 27.0 Å². The molecule has 0 aliphatic heterocycles. The fourth-order valence-corrected chi connectivity index (χ4v) is 2.08. The second-order valence-electron chi connectivity index (χ2n) is 4.85. The summed E-state index contributed by atoms with van der Waals surface area (Å²) < 4.78 is 0.875. The van der Waals surface area contributed by atoms with E-state index in [0.29, 0.717) is 0 Å². The Kier molecular flexibility index (Phi) is 2.62. The zero-order chi connectivity index (χ0) is 11.9. The minimum atomic E-state index is -0.184. The van der Waals surface area contributed by atoms with Crippen LogP contribution >= 0.6 is 15.9 Å². The predicted octanol–water partition coefficient (Wildman–Crippen LogP) is 2.98. The van der Waals surface area contributed by atoms with E-state index in [0.717, 1.165) is 15.5 Å². The number of benzene rings is 1. The Morgan fingerprint density at radius 1 is 1.31 bits per heavy atom. The first-order chi connectivity index (χ1) is 7.38. The van der Waals surface area contributed by atoms with Gasteiger partial charge in [-0.25, -0.2) is 4.98 Å². The van der Waals surface area contributed by atoms with Crippen molar-refractivity contribution < 1.29 is 0 Å². The van der Waals surface area contributed by atoms with E-state index in [9.17, 15) is 4.79 Å². The van der Waals surface area contributed by atoms with Crippen LogP contribution in [0.25, 0.3) is 11.0 Å². The van der Waals surface area contributed by atoms with Gasteiger partial charge in [-0.2, -0.15) is 0 Å². The van der Waals surface area contributed by atoms with Gasteiger partial charge in [-0.15, -0.1) is 0 Å². The Morgan fingerprint density at radius 3 is 2.62 bits per heavy atom. The number of rotatable bonds is 0. The fraction of sp³-hybridized carbons (Fsp3) is 0.333. The van der Waals surface area contributed by atoms with Crippen LogP contribution in [0.3, 0.4) is 0 Å². The number of fused-ring (bicyclic) bond motifs is 1. The summed E-state index contributed by atoms with van der Waals surface area (Å²) in [5, 5.41) is 0. The molecular formula is C12H13BrN2O. The van der Waals surface area contributed by atoms with Gasteiger partial charge in [0.1, 0.15) is 0 Å². The molecular weight excluding hydrogens is 268 g/mol. The van der Waals surface area contributed by atoms with Crippen LogP contribution in [0.5, 0.6) is 0 Å². The number of hydrogen-bond acceptors (Lipinski definition) is 2. The number of nitrogens with one attached hydrogen (secondary N) is 1. The molecule has 1 heterocycles. The first-order valence-electron chi connectivity index (χ1n) is 5.07. The first-order valence-corrected chi connectivity index (χ1v) is 5.86. The van der Waals surface area contributed by atoms with Crippen molar-refractivity contribution in [3.63, 3.8) is 0 Å². The summed E-state index contributed by atoms with van der Waals surface area (Å²) in [5.41, 5.74) is 2.62. The molecule has 0 fully saturated rings. The molecule has 3 nitrogen and oxygen atoms in total. The molecule has 4 heteroatoms. The largest absolute Gasteiger partial charge is 0.318 e. The van der Waals surface area contributed by atoms with Gasteiger partial charge >= 0.3 is 0 Å². The average molecular weight is 281 g/mol. The van der Waals surface area contributed by atoms with E-state index in [4.69, 9.17) is 0 Å². The van der Waals surface area contributed by atoms with Crippen LogP contribution in [-0.2, 0) is 5.41 Å². The second-order valence-corrected chi connectivity index (χ2v) is 5.70. The third-order valence-corrected chi connectivity index (χ3v) is 3.13. The predicted molar refractivity (Wildman–Crippen MR) is 68.8 cm³/mol. The molecule has 0 bridgehead atoms. The van der Waals surface area contributed by atoms with Gasteiger partial charge in [0.2, 0.25) is 0 Å². The number of aromatic nitrogens is 2. The standard InChI is InChI=1S/C12H13BrN2O/c1-12(2,3)7-4-8(13)11-9(5-7)14-6-10(16)15-11/h4-6H,1-3H3,(H,15,16). The highest BCUT2D eigenvalue weighted by Crippen LogP contribution is 2.29. The Balaban J connectivity index is 2.78. The maximum absolute atomic E-state index is 11.2. The van der Waals surface area contributed by atoms with E-state index >= 15 is 0 Å². The van der Waals surface area contributed by atoms with Crippen LogP contribution in [0.15, 0.2) is 27.6 Å². The lowest BCUT2D eigenvalue weighted by molar-refractivity contribution is 0.590. The zero-order valence-corrected chi connectivity index (χ0v) is 11.1. The van der Waals surface area contributed by atoms with Crippen molar-refractivity contribution in [2.45, 2.75) is 26.2 Å². The molecule has 2 aromatic rings. The number of halogens is 1. The number of hydrogen-bond donors (Lipinski definition) is 1. The Labute approximate surface area is 102 Å². The highest BCUT2D eigenvalue weighted by molar-refractivity contribution is 9.10. The summed E-state index contributed by atoms with van der Waals surface area (Å²) >= 11 is 3.46. The molecule has 1 N–H and O–H groups in total. The van der Waals surface area contributed by atoms with Crippen LogP contribution in [0.2, 0.25) is 0 Å². The average Bonchev–Trinajstić information content (AvgIpc) is 2.17. The normalized spacial score (nSPS) is 12.0. The molecule has 84 valence electrons. The lowest BCUT2D eigenvalue weighted by atomic mass is 9.87. The molecule has 0 aliphatic rings. The maximum atomic E-state index is 11.2. The van der Waals surface area contributed by atoms with Gasteiger partial charge in [0, 0.05) is 4.47 Å². The van der Waals surface area contributed by atoms with Gasteiger partial charge in [-0.1, -0.05) is 20.8 Å². The van der Waals surface area contributed by atoms with E-state index in [-0.39, 0.29) is 11.0 Å². The lowest BCUT2D eigenvalue weighted by Crippen LogP contribution is -2.12. The molecule has 0 amide bonds. The summed E-state index contributed by atoms with van der Waals surface area (Å²) in [7, 11) is 0. The van der Waals surface area contributed by atoms with Crippen LogP contribution in [0.4, 0.5) is 0 Å². The number of nitrogens with zero attached hydrogens (tertiary/aromatic N) is 1.